The fourth-order valence-electron chi connectivity index (χ4n) is 4.14. The van der Waals surface area contributed by atoms with Gasteiger partial charge in [-0.25, -0.2) is 4.79 Å². The zero-order chi connectivity index (χ0) is 25.4. The summed E-state index contributed by atoms with van der Waals surface area (Å²) in [6.45, 7) is 16.7. The standard InChI is InChI=1S/C30H42O4/c1-9-11-12-22-13-15-23(16-14-22)29(31)34-28-25(20(5)6)17-24(19(3)4)18-26(28)27(21(7)8)30(32)33-10-2/h13-21,27H,9-12H2,1-8H3. The first-order valence-corrected chi connectivity index (χ1v) is 12.8. The number of carbonyl (C=O) groups excluding carboxylic acids is 2. The van der Waals surface area contributed by atoms with E-state index < -0.39 is 11.9 Å². The van der Waals surface area contributed by atoms with Crippen molar-refractivity contribution >= 4 is 11.9 Å². The Balaban J connectivity index is 2.57. The molecule has 0 saturated heterocycles. The average molecular weight is 467 g/mol. The molecule has 0 heterocycles. The predicted octanol–water partition coefficient (Wildman–Crippen LogP) is 7.80. The van der Waals surface area contributed by atoms with Crippen molar-refractivity contribution in [2.45, 2.75) is 92.4 Å². The second-order valence-corrected chi connectivity index (χ2v) is 10.0. The Morgan fingerprint density at radius 3 is 1.97 bits per heavy atom. The van der Waals surface area contributed by atoms with Gasteiger partial charge in [0.15, 0.2) is 0 Å². The highest BCUT2D eigenvalue weighted by Gasteiger charge is 2.32. The molecular weight excluding hydrogens is 424 g/mol. The van der Waals surface area contributed by atoms with E-state index in [0.717, 1.165) is 36.0 Å². The summed E-state index contributed by atoms with van der Waals surface area (Å²) in [5.41, 5.74) is 4.51. The number of unbranched alkanes of at least 4 members (excludes halogenated alkanes) is 1. The fraction of sp³-hybridized carbons (Fsp3) is 0.533. The van der Waals surface area contributed by atoms with Gasteiger partial charge in [0.25, 0.3) is 0 Å². The van der Waals surface area contributed by atoms with Crippen molar-refractivity contribution in [2.24, 2.45) is 5.92 Å². The molecule has 186 valence electrons. The summed E-state index contributed by atoms with van der Waals surface area (Å²) in [5.74, 6) is -0.351. The molecule has 0 aliphatic heterocycles. The van der Waals surface area contributed by atoms with Crippen LogP contribution in [0.25, 0.3) is 0 Å². The molecule has 1 atom stereocenters. The van der Waals surface area contributed by atoms with Gasteiger partial charge in [-0.15, -0.1) is 0 Å². The first-order chi connectivity index (χ1) is 16.1. The van der Waals surface area contributed by atoms with Crippen LogP contribution in [0, 0.1) is 5.92 Å². The van der Waals surface area contributed by atoms with Gasteiger partial charge >= 0.3 is 11.9 Å². The van der Waals surface area contributed by atoms with Crippen LogP contribution in [0.4, 0.5) is 0 Å². The Morgan fingerprint density at radius 2 is 1.47 bits per heavy atom. The van der Waals surface area contributed by atoms with Gasteiger partial charge in [0.1, 0.15) is 5.75 Å². The summed E-state index contributed by atoms with van der Waals surface area (Å²) in [4.78, 5) is 26.3. The second kappa shape index (κ2) is 12.7. The Hall–Kier alpha value is -2.62. The van der Waals surface area contributed by atoms with Gasteiger partial charge in [0, 0.05) is 5.56 Å². The topological polar surface area (TPSA) is 52.6 Å². The molecule has 34 heavy (non-hydrogen) atoms. The predicted molar refractivity (Wildman–Crippen MR) is 139 cm³/mol. The third-order valence-electron chi connectivity index (χ3n) is 6.20. The van der Waals surface area contributed by atoms with Crippen molar-refractivity contribution in [3.8, 4) is 5.75 Å². The van der Waals surface area contributed by atoms with Crippen molar-refractivity contribution in [3.63, 3.8) is 0 Å². The van der Waals surface area contributed by atoms with Gasteiger partial charge in [-0.3, -0.25) is 4.79 Å². The molecule has 2 aromatic rings. The van der Waals surface area contributed by atoms with Crippen molar-refractivity contribution in [3.05, 3.63) is 64.2 Å². The maximum absolute atomic E-state index is 13.2. The molecule has 0 spiro atoms. The Bertz CT molecular complexity index is 955. The van der Waals surface area contributed by atoms with Crippen LogP contribution in [-0.4, -0.2) is 18.5 Å². The first kappa shape index (κ1) is 27.6. The van der Waals surface area contributed by atoms with Crippen LogP contribution in [0.5, 0.6) is 5.75 Å². The third kappa shape index (κ3) is 6.94. The largest absolute Gasteiger partial charge is 0.466 e. The Kier molecular flexibility index (Phi) is 10.3. The zero-order valence-electron chi connectivity index (χ0n) is 22.2. The lowest BCUT2D eigenvalue weighted by atomic mass is 9.82. The number of aryl methyl sites for hydroxylation is 1. The average Bonchev–Trinajstić information content (AvgIpc) is 2.78. The molecule has 0 aromatic heterocycles. The normalized spacial score (nSPS) is 12.3. The van der Waals surface area contributed by atoms with E-state index in [9.17, 15) is 9.59 Å². The lowest BCUT2D eigenvalue weighted by molar-refractivity contribution is -0.146. The molecule has 0 amide bonds. The molecule has 0 aliphatic rings. The van der Waals surface area contributed by atoms with Crippen LogP contribution < -0.4 is 4.74 Å². The lowest BCUT2D eigenvalue weighted by Crippen LogP contribution is -2.23. The number of esters is 2. The number of hydrogen-bond acceptors (Lipinski definition) is 4. The van der Waals surface area contributed by atoms with E-state index in [1.807, 2.05) is 51.1 Å². The zero-order valence-corrected chi connectivity index (χ0v) is 22.2. The summed E-state index contributed by atoms with van der Waals surface area (Å²) in [7, 11) is 0. The second-order valence-electron chi connectivity index (χ2n) is 10.0. The van der Waals surface area contributed by atoms with E-state index in [1.165, 1.54) is 5.56 Å². The monoisotopic (exact) mass is 466 g/mol. The summed E-state index contributed by atoms with van der Waals surface area (Å²) >= 11 is 0. The molecule has 2 rings (SSSR count). The molecule has 0 radical (unpaired) electrons. The molecule has 0 aliphatic carbocycles. The fourth-order valence-corrected chi connectivity index (χ4v) is 4.14. The van der Waals surface area contributed by atoms with Crippen molar-refractivity contribution in [1.82, 2.24) is 0 Å². The van der Waals surface area contributed by atoms with E-state index >= 15 is 0 Å². The minimum Gasteiger partial charge on any atom is -0.466 e. The van der Waals surface area contributed by atoms with Gasteiger partial charge in [-0.05, 0) is 66.3 Å². The Labute approximate surface area is 206 Å². The lowest BCUT2D eigenvalue weighted by Gasteiger charge is -2.26. The van der Waals surface area contributed by atoms with Crippen LogP contribution in [0.3, 0.4) is 0 Å². The number of ether oxygens (including phenoxy) is 2. The number of rotatable bonds is 11. The molecule has 4 nitrogen and oxygen atoms in total. The quantitative estimate of drug-likeness (QED) is 0.250. The van der Waals surface area contributed by atoms with Gasteiger partial charge in [-0.2, -0.15) is 0 Å². The number of hydrogen-bond donors (Lipinski definition) is 0. The van der Waals surface area contributed by atoms with E-state index in [0.29, 0.717) is 17.9 Å². The maximum atomic E-state index is 13.2. The van der Waals surface area contributed by atoms with Crippen LogP contribution >= 0.6 is 0 Å². The van der Waals surface area contributed by atoms with Gasteiger partial charge in [-0.1, -0.05) is 79.2 Å². The molecule has 0 N–H and O–H groups in total. The van der Waals surface area contributed by atoms with E-state index in [2.05, 4.69) is 40.7 Å². The number of benzene rings is 2. The molecule has 2 aromatic carbocycles. The highest BCUT2D eigenvalue weighted by Crippen LogP contribution is 2.41. The molecule has 0 fully saturated rings. The maximum Gasteiger partial charge on any atom is 0.343 e. The smallest absolute Gasteiger partial charge is 0.343 e. The van der Waals surface area contributed by atoms with Crippen molar-refractivity contribution in [2.75, 3.05) is 6.61 Å². The summed E-state index contributed by atoms with van der Waals surface area (Å²) in [5, 5.41) is 0. The summed E-state index contributed by atoms with van der Waals surface area (Å²) in [6.07, 6.45) is 3.26. The van der Waals surface area contributed by atoms with Crippen LogP contribution in [0.1, 0.15) is 119 Å². The Morgan fingerprint density at radius 1 is 0.853 bits per heavy atom. The van der Waals surface area contributed by atoms with Gasteiger partial charge in [0.05, 0.1) is 18.1 Å². The summed E-state index contributed by atoms with van der Waals surface area (Å²) < 4.78 is 11.5. The van der Waals surface area contributed by atoms with Gasteiger partial charge in [0.2, 0.25) is 0 Å². The van der Waals surface area contributed by atoms with Crippen LogP contribution in [0.2, 0.25) is 0 Å². The van der Waals surface area contributed by atoms with Crippen LogP contribution in [-0.2, 0) is 16.0 Å². The van der Waals surface area contributed by atoms with E-state index in [1.54, 1.807) is 0 Å². The minimum atomic E-state index is -0.518. The number of carbonyl (C=O) groups is 2. The molecule has 0 saturated carbocycles. The molecule has 0 bridgehead atoms. The highest BCUT2D eigenvalue weighted by atomic mass is 16.5. The molecule has 4 heteroatoms. The third-order valence-corrected chi connectivity index (χ3v) is 6.20. The molecular formula is C30H42O4. The highest BCUT2D eigenvalue weighted by molar-refractivity contribution is 5.92. The minimum absolute atomic E-state index is 0.0169. The first-order valence-electron chi connectivity index (χ1n) is 12.8. The van der Waals surface area contributed by atoms with Crippen LogP contribution in [0.15, 0.2) is 36.4 Å². The van der Waals surface area contributed by atoms with Crippen molar-refractivity contribution < 1.29 is 19.1 Å². The summed E-state index contributed by atoms with van der Waals surface area (Å²) in [6, 6.07) is 11.8. The van der Waals surface area contributed by atoms with E-state index in [-0.39, 0.29) is 23.7 Å². The SMILES string of the molecule is CCCCc1ccc(C(=O)Oc2c(C(C)C)cc(C(C)C)cc2C(C(=O)OCC)C(C)C)cc1. The molecule has 1 unspecified atom stereocenters. The van der Waals surface area contributed by atoms with Crippen molar-refractivity contribution in [1.29, 1.82) is 0 Å². The van der Waals surface area contributed by atoms with Gasteiger partial charge < -0.3 is 9.47 Å². The van der Waals surface area contributed by atoms with E-state index in [4.69, 9.17) is 9.47 Å².